The summed E-state index contributed by atoms with van der Waals surface area (Å²) in [6, 6.07) is 5.99. The first-order valence-electron chi connectivity index (χ1n) is 5.73. The summed E-state index contributed by atoms with van der Waals surface area (Å²) in [5.41, 5.74) is 1.13. The third kappa shape index (κ3) is 4.24. The minimum atomic E-state index is -0.255. The van der Waals surface area contributed by atoms with E-state index >= 15 is 0 Å². The smallest absolute Gasteiger partial charge is 0.171 e. The van der Waals surface area contributed by atoms with Gasteiger partial charge in [-0.15, -0.1) is 0 Å². The fraction of sp³-hybridized carbons (Fsp3) is 0.538. The van der Waals surface area contributed by atoms with Crippen LogP contribution in [0.3, 0.4) is 0 Å². The normalized spacial score (nSPS) is 12.8. The lowest BCUT2D eigenvalue weighted by molar-refractivity contribution is -0.119. The van der Waals surface area contributed by atoms with Gasteiger partial charge in [-0.25, -0.2) is 0 Å². The van der Waals surface area contributed by atoms with Crippen LogP contribution in [0.4, 0.5) is 0 Å². The fourth-order valence-corrected chi connectivity index (χ4v) is 2.07. The highest BCUT2D eigenvalue weighted by Crippen LogP contribution is 2.22. The van der Waals surface area contributed by atoms with Crippen LogP contribution in [0.2, 0.25) is 0 Å². The minimum Gasteiger partial charge on any atom is -0.497 e. The molecule has 102 valence electrons. The third-order valence-electron chi connectivity index (χ3n) is 2.74. The second-order valence-corrected chi connectivity index (χ2v) is 4.82. The molecular weight excluding hydrogens is 298 g/mol. The molecule has 0 aromatic heterocycles. The predicted molar refractivity (Wildman–Crippen MR) is 74.8 cm³/mol. The average molecular weight is 318 g/mol. The number of methoxy groups -OCH3 is 3. The number of hydrogen-bond donors (Lipinski definition) is 1. The molecule has 1 unspecified atom stereocenters. The second kappa shape index (κ2) is 7.74. The van der Waals surface area contributed by atoms with Crippen LogP contribution in [0.5, 0.6) is 5.75 Å². The molecule has 5 heteroatoms. The van der Waals surface area contributed by atoms with Gasteiger partial charge in [-0.1, -0.05) is 15.9 Å². The van der Waals surface area contributed by atoms with E-state index < -0.39 is 0 Å². The highest BCUT2D eigenvalue weighted by molar-refractivity contribution is 9.10. The summed E-state index contributed by atoms with van der Waals surface area (Å²) in [6.07, 6.45) is -0.255. The van der Waals surface area contributed by atoms with Gasteiger partial charge in [-0.2, -0.15) is 0 Å². The van der Waals surface area contributed by atoms with E-state index in [4.69, 9.17) is 14.2 Å². The lowest BCUT2D eigenvalue weighted by Crippen LogP contribution is -2.39. The van der Waals surface area contributed by atoms with E-state index in [1.165, 1.54) is 0 Å². The Morgan fingerprint density at radius 3 is 2.44 bits per heavy atom. The number of halogens is 1. The van der Waals surface area contributed by atoms with Crippen molar-refractivity contribution in [2.75, 3.05) is 21.3 Å². The zero-order chi connectivity index (χ0) is 13.5. The molecule has 4 nitrogen and oxygen atoms in total. The Morgan fingerprint density at radius 2 is 1.89 bits per heavy atom. The minimum absolute atomic E-state index is 0.0955. The van der Waals surface area contributed by atoms with Crippen LogP contribution in [0.25, 0.3) is 0 Å². The van der Waals surface area contributed by atoms with Crippen LogP contribution in [-0.4, -0.2) is 33.7 Å². The van der Waals surface area contributed by atoms with Crippen molar-refractivity contribution in [2.45, 2.75) is 25.8 Å². The Balaban J connectivity index is 2.62. The Morgan fingerprint density at radius 1 is 1.22 bits per heavy atom. The van der Waals surface area contributed by atoms with Gasteiger partial charge < -0.3 is 19.5 Å². The Labute approximate surface area is 117 Å². The quantitative estimate of drug-likeness (QED) is 0.785. The van der Waals surface area contributed by atoms with E-state index in [1.54, 1.807) is 21.3 Å². The van der Waals surface area contributed by atoms with Gasteiger partial charge in [0.2, 0.25) is 0 Å². The molecule has 0 aliphatic carbocycles. The molecule has 0 amide bonds. The van der Waals surface area contributed by atoms with E-state index in [0.717, 1.165) is 15.8 Å². The first-order valence-corrected chi connectivity index (χ1v) is 6.53. The molecule has 1 rings (SSSR count). The molecule has 0 aliphatic rings. The molecule has 18 heavy (non-hydrogen) atoms. The van der Waals surface area contributed by atoms with Crippen molar-refractivity contribution in [3.8, 4) is 5.75 Å². The van der Waals surface area contributed by atoms with Crippen LogP contribution >= 0.6 is 15.9 Å². The van der Waals surface area contributed by atoms with Crippen LogP contribution in [0.15, 0.2) is 22.7 Å². The SMILES string of the molecule is COc1ccc(Br)c(CNC(C)C(OC)OC)c1. The maximum Gasteiger partial charge on any atom is 0.171 e. The lowest BCUT2D eigenvalue weighted by Gasteiger charge is -2.22. The number of nitrogens with one attached hydrogen (secondary N) is 1. The molecule has 1 aromatic rings. The number of benzene rings is 1. The van der Waals surface area contributed by atoms with E-state index in [1.807, 2.05) is 25.1 Å². The lowest BCUT2D eigenvalue weighted by atomic mass is 10.2. The van der Waals surface area contributed by atoms with Crippen LogP contribution in [0, 0.1) is 0 Å². The molecule has 0 aliphatic heterocycles. The van der Waals surface area contributed by atoms with Crippen molar-refractivity contribution in [2.24, 2.45) is 0 Å². The van der Waals surface area contributed by atoms with Gasteiger partial charge >= 0.3 is 0 Å². The molecule has 1 N–H and O–H groups in total. The van der Waals surface area contributed by atoms with E-state index in [9.17, 15) is 0 Å². The number of hydrogen-bond acceptors (Lipinski definition) is 4. The van der Waals surface area contributed by atoms with Crippen molar-refractivity contribution < 1.29 is 14.2 Å². The summed E-state index contributed by atoms with van der Waals surface area (Å²) in [4.78, 5) is 0. The van der Waals surface area contributed by atoms with Crippen molar-refractivity contribution in [3.63, 3.8) is 0 Å². The van der Waals surface area contributed by atoms with Crippen molar-refractivity contribution in [1.29, 1.82) is 0 Å². The summed E-state index contributed by atoms with van der Waals surface area (Å²) in [7, 11) is 4.93. The molecule has 0 radical (unpaired) electrons. The van der Waals surface area contributed by atoms with Gasteiger partial charge in [0.05, 0.1) is 13.2 Å². The largest absolute Gasteiger partial charge is 0.497 e. The second-order valence-electron chi connectivity index (χ2n) is 3.97. The van der Waals surface area contributed by atoms with Crippen LogP contribution in [-0.2, 0) is 16.0 Å². The molecule has 0 saturated heterocycles. The third-order valence-corrected chi connectivity index (χ3v) is 3.51. The standard InChI is InChI=1S/C13H20BrNO3/c1-9(13(17-3)18-4)15-8-10-7-11(16-2)5-6-12(10)14/h5-7,9,13,15H,8H2,1-4H3. The molecular formula is C13H20BrNO3. The Kier molecular flexibility index (Phi) is 6.63. The monoisotopic (exact) mass is 317 g/mol. The molecule has 0 heterocycles. The Bertz CT molecular complexity index is 369. The summed E-state index contributed by atoms with van der Waals surface area (Å²) in [6.45, 7) is 2.73. The van der Waals surface area contributed by atoms with Gasteiger partial charge in [0, 0.05) is 25.2 Å². The highest BCUT2D eigenvalue weighted by Gasteiger charge is 2.15. The zero-order valence-electron chi connectivity index (χ0n) is 11.2. The molecule has 0 saturated carbocycles. The maximum absolute atomic E-state index is 5.21. The van der Waals surface area contributed by atoms with Crippen molar-refractivity contribution in [3.05, 3.63) is 28.2 Å². The van der Waals surface area contributed by atoms with E-state index in [0.29, 0.717) is 6.54 Å². The van der Waals surface area contributed by atoms with Crippen LogP contribution in [0.1, 0.15) is 12.5 Å². The first kappa shape index (κ1) is 15.4. The van der Waals surface area contributed by atoms with Gasteiger partial charge in [0.1, 0.15) is 5.75 Å². The summed E-state index contributed by atoms with van der Waals surface area (Å²) in [5, 5.41) is 3.36. The first-order chi connectivity index (χ1) is 8.62. The van der Waals surface area contributed by atoms with Gasteiger partial charge in [0.25, 0.3) is 0 Å². The molecule has 1 atom stereocenters. The molecule has 1 aromatic carbocycles. The fourth-order valence-electron chi connectivity index (χ4n) is 1.69. The van der Waals surface area contributed by atoms with Gasteiger partial charge in [-0.3, -0.25) is 0 Å². The summed E-state index contributed by atoms with van der Waals surface area (Å²) in [5.74, 6) is 0.845. The van der Waals surface area contributed by atoms with Crippen molar-refractivity contribution >= 4 is 15.9 Å². The maximum atomic E-state index is 5.21. The van der Waals surface area contributed by atoms with Crippen molar-refractivity contribution in [1.82, 2.24) is 5.32 Å². The number of rotatable bonds is 7. The predicted octanol–water partition coefficient (Wildman–Crippen LogP) is 2.55. The summed E-state index contributed by atoms with van der Waals surface area (Å²) < 4.78 is 16.7. The van der Waals surface area contributed by atoms with Gasteiger partial charge in [0.15, 0.2) is 6.29 Å². The summed E-state index contributed by atoms with van der Waals surface area (Å²) >= 11 is 3.52. The highest BCUT2D eigenvalue weighted by atomic mass is 79.9. The molecule has 0 bridgehead atoms. The van der Waals surface area contributed by atoms with Crippen LogP contribution < -0.4 is 10.1 Å². The van der Waals surface area contributed by atoms with Gasteiger partial charge in [-0.05, 0) is 30.7 Å². The average Bonchev–Trinajstić information content (AvgIpc) is 2.39. The molecule has 0 fully saturated rings. The molecule has 0 spiro atoms. The Hall–Kier alpha value is -0.620. The number of ether oxygens (including phenoxy) is 3. The zero-order valence-corrected chi connectivity index (χ0v) is 12.8. The van der Waals surface area contributed by atoms with E-state index in [2.05, 4.69) is 21.2 Å². The van der Waals surface area contributed by atoms with E-state index in [-0.39, 0.29) is 12.3 Å². The topological polar surface area (TPSA) is 39.7 Å².